The van der Waals surface area contributed by atoms with Gasteiger partial charge in [0.05, 0.1) is 5.75 Å². The average molecular weight is 381 g/mol. The van der Waals surface area contributed by atoms with Gasteiger partial charge in [0.2, 0.25) is 5.91 Å². The van der Waals surface area contributed by atoms with Crippen LogP contribution >= 0.6 is 23.4 Å². The number of hydrogen-bond donors (Lipinski definition) is 0. The molecule has 1 aromatic rings. The van der Waals surface area contributed by atoms with Gasteiger partial charge >= 0.3 is 0 Å². The Balaban J connectivity index is 1.54. The molecule has 0 bridgehead atoms. The first-order valence-electron chi connectivity index (χ1n) is 9.43. The zero-order valence-electron chi connectivity index (χ0n) is 15.1. The highest BCUT2D eigenvalue weighted by molar-refractivity contribution is 7.99. The van der Waals surface area contributed by atoms with Crippen LogP contribution in [0.4, 0.5) is 0 Å². The van der Waals surface area contributed by atoms with E-state index in [1.165, 1.54) is 31.2 Å². The van der Waals surface area contributed by atoms with E-state index in [0.29, 0.717) is 23.5 Å². The van der Waals surface area contributed by atoms with E-state index >= 15 is 0 Å². The van der Waals surface area contributed by atoms with E-state index in [9.17, 15) is 4.79 Å². The van der Waals surface area contributed by atoms with Gasteiger partial charge in [-0.05, 0) is 74.6 Å². The molecule has 0 unspecified atom stereocenters. The summed E-state index contributed by atoms with van der Waals surface area (Å²) in [4.78, 5) is 16.8. The quantitative estimate of drug-likeness (QED) is 0.767. The van der Waals surface area contributed by atoms with E-state index in [2.05, 4.69) is 29.0 Å². The molecular weight excluding hydrogens is 352 g/mol. The number of carbonyl (C=O) groups is 1. The van der Waals surface area contributed by atoms with Gasteiger partial charge in [0, 0.05) is 24.7 Å². The highest BCUT2D eigenvalue weighted by atomic mass is 35.5. The van der Waals surface area contributed by atoms with Gasteiger partial charge in [-0.25, -0.2) is 0 Å². The molecule has 0 saturated carbocycles. The van der Waals surface area contributed by atoms with Crippen LogP contribution in [0.2, 0.25) is 5.02 Å². The maximum atomic E-state index is 12.4. The van der Waals surface area contributed by atoms with Crippen LogP contribution in [0, 0.1) is 5.92 Å². The summed E-state index contributed by atoms with van der Waals surface area (Å²) in [5, 5.41) is 0.801. The van der Waals surface area contributed by atoms with Gasteiger partial charge in [-0.1, -0.05) is 23.7 Å². The summed E-state index contributed by atoms with van der Waals surface area (Å²) in [6.45, 7) is 4.16. The summed E-state index contributed by atoms with van der Waals surface area (Å²) in [7, 11) is 2.20. The summed E-state index contributed by atoms with van der Waals surface area (Å²) in [5.41, 5.74) is 1.39. The van der Waals surface area contributed by atoms with Crippen LogP contribution in [0.3, 0.4) is 0 Å². The Morgan fingerprint density at radius 1 is 1.16 bits per heavy atom. The van der Waals surface area contributed by atoms with Gasteiger partial charge in [-0.3, -0.25) is 4.79 Å². The molecule has 2 aliphatic heterocycles. The second-order valence-corrected chi connectivity index (χ2v) is 8.89. The SMILES string of the molecule is CN1CC[C@@H](c2ccc(Cl)cc2)[C@@H](CSCC(=O)N2CCCCC2)C1. The van der Waals surface area contributed by atoms with E-state index in [1.807, 2.05) is 23.9 Å². The Morgan fingerprint density at radius 2 is 1.88 bits per heavy atom. The molecule has 25 heavy (non-hydrogen) atoms. The second-order valence-electron chi connectivity index (χ2n) is 7.43. The van der Waals surface area contributed by atoms with Gasteiger partial charge in [0.15, 0.2) is 0 Å². The molecule has 3 nitrogen and oxygen atoms in total. The molecule has 0 aliphatic carbocycles. The normalized spacial score (nSPS) is 25.1. The van der Waals surface area contributed by atoms with Gasteiger partial charge in [-0.2, -0.15) is 11.8 Å². The predicted octanol–water partition coefficient (Wildman–Crippen LogP) is 4.12. The fourth-order valence-electron chi connectivity index (χ4n) is 4.06. The van der Waals surface area contributed by atoms with Crippen LogP contribution in [0.25, 0.3) is 0 Å². The predicted molar refractivity (Wildman–Crippen MR) is 108 cm³/mol. The maximum absolute atomic E-state index is 12.4. The molecule has 1 amide bonds. The molecule has 0 aromatic heterocycles. The first kappa shape index (κ1) is 19.1. The molecular formula is C20H29ClN2OS. The van der Waals surface area contributed by atoms with Crippen LogP contribution < -0.4 is 0 Å². The van der Waals surface area contributed by atoms with Crippen molar-refractivity contribution in [2.45, 2.75) is 31.6 Å². The van der Waals surface area contributed by atoms with Crippen molar-refractivity contribution in [3.63, 3.8) is 0 Å². The topological polar surface area (TPSA) is 23.6 Å². The molecule has 0 N–H and O–H groups in total. The Hall–Kier alpha value is -0.710. The Bertz CT molecular complexity index is 559. The smallest absolute Gasteiger partial charge is 0.232 e. The van der Waals surface area contributed by atoms with Crippen molar-refractivity contribution in [3.8, 4) is 0 Å². The summed E-state index contributed by atoms with van der Waals surface area (Å²) in [6, 6.07) is 8.35. The number of halogens is 1. The molecule has 2 aliphatic rings. The summed E-state index contributed by atoms with van der Waals surface area (Å²) < 4.78 is 0. The number of nitrogens with zero attached hydrogens (tertiary/aromatic N) is 2. The third-order valence-corrected chi connectivity index (χ3v) is 6.87. The van der Waals surface area contributed by atoms with E-state index in [4.69, 9.17) is 11.6 Å². The number of amides is 1. The van der Waals surface area contributed by atoms with Crippen molar-refractivity contribution < 1.29 is 4.79 Å². The Labute approximate surface area is 161 Å². The van der Waals surface area contributed by atoms with Gasteiger partial charge in [0.25, 0.3) is 0 Å². The Morgan fingerprint density at radius 3 is 2.60 bits per heavy atom. The minimum Gasteiger partial charge on any atom is -0.342 e. The molecule has 2 saturated heterocycles. The second kappa shape index (κ2) is 9.29. The molecule has 1 aromatic carbocycles. The number of hydrogen-bond acceptors (Lipinski definition) is 3. The van der Waals surface area contributed by atoms with Crippen LogP contribution in [-0.4, -0.2) is 60.4 Å². The Kier molecular flexibility index (Phi) is 7.08. The molecule has 3 rings (SSSR count). The number of benzene rings is 1. The maximum Gasteiger partial charge on any atom is 0.232 e. The number of carbonyl (C=O) groups excluding carboxylic acids is 1. The third kappa shape index (κ3) is 5.38. The van der Waals surface area contributed by atoms with Gasteiger partial charge in [0.1, 0.15) is 0 Å². The minimum atomic E-state index is 0.330. The van der Waals surface area contributed by atoms with Crippen LogP contribution in [-0.2, 0) is 4.79 Å². The lowest BCUT2D eigenvalue weighted by atomic mass is 9.81. The van der Waals surface area contributed by atoms with E-state index in [-0.39, 0.29) is 0 Å². The molecule has 138 valence electrons. The largest absolute Gasteiger partial charge is 0.342 e. The summed E-state index contributed by atoms with van der Waals surface area (Å²) in [6.07, 6.45) is 4.79. The number of likely N-dealkylation sites (tertiary alicyclic amines) is 2. The van der Waals surface area contributed by atoms with Gasteiger partial charge < -0.3 is 9.80 Å². The average Bonchev–Trinajstić information content (AvgIpc) is 2.63. The first-order chi connectivity index (χ1) is 12.1. The van der Waals surface area contributed by atoms with Crippen LogP contribution in [0.5, 0.6) is 0 Å². The molecule has 0 radical (unpaired) electrons. The molecule has 2 atom stereocenters. The zero-order chi connectivity index (χ0) is 17.6. The molecule has 0 spiro atoms. The lowest BCUT2D eigenvalue weighted by Gasteiger charge is -2.37. The monoisotopic (exact) mass is 380 g/mol. The lowest BCUT2D eigenvalue weighted by molar-refractivity contribution is -0.129. The standard InChI is InChI=1S/C20H29ClN2OS/c1-22-12-9-19(16-5-7-18(21)8-6-16)17(13-22)14-25-15-20(24)23-10-3-2-4-11-23/h5-8,17,19H,2-4,9-15H2,1H3/t17-,19+/m1/s1. The van der Waals surface area contributed by atoms with E-state index < -0.39 is 0 Å². The van der Waals surface area contributed by atoms with Crippen molar-refractivity contribution in [1.82, 2.24) is 9.80 Å². The fraction of sp³-hybridized carbons (Fsp3) is 0.650. The molecule has 5 heteroatoms. The van der Waals surface area contributed by atoms with Crippen LogP contribution in [0.1, 0.15) is 37.2 Å². The van der Waals surface area contributed by atoms with Gasteiger partial charge in [-0.15, -0.1) is 0 Å². The lowest BCUT2D eigenvalue weighted by Crippen LogP contribution is -2.39. The number of thioether (sulfide) groups is 1. The van der Waals surface area contributed by atoms with E-state index in [0.717, 1.165) is 37.0 Å². The first-order valence-corrected chi connectivity index (χ1v) is 11.0. The minimum absolute atomic E-state index is 0.330. The molecule has 2 fully saturated rings. The summed E-state index contributed by atoms with van der Waals surface area (Å²) in [5.74, 6) is 3.19. The van der Waals surface area contributed by atoms with E-state index in [1.54, 1.807) is 0 Å². The van der Waals surface area contributed by atoms with Crippen molar-refractivity contribution in [2.24, 2.45) is 5.92 Å². The number of piperidine rings is 2. The van der Waals surface area contributed by atoms with Crippen molar-refractivity contribution in [2.75, 3.05) is 44.7 Å². The highest BCUT2D eigenvalue weighted by Gasteiger charge is 2.29. The highest BCUT2D eigenvalue weighted by Crippen LogP contribution is 2.35. The fourth-order valence-corrected chi connectivity index (χ4v) is 5.31. The van der Waals surface area contributed by atoms with Crippen LogP contribution in [0.15, 0.2) is 24.3 Å². The van der Waals surface area contributed by atoms with Crippen molar-refractivity contribution in [1.29, 1.82) is 0 Å². The summed E-state index contributed by atoms with van der Waals surface area (Å²) >= 11 is 7.87. The van der Waals surface area contributed by atoms with Crippen molar-refractivity contribution >= 4 is 29.3 Å². The number of rotatable bonds is 5. The third-order valence-electron chi connectivity index (χ3n) is 5.50. The van der Waals surface area contributed by atoms with Crippen molar-refractivity contribution in [3.05, 3.63) is 34.9 Å². The zero-order valence-corrected chi connectivity index (χ0v) is 16.7. The molecule has 2 heterocycles.